The van der Waals surface area contributed by atoms with Gasteiger partial charge in [-0.2, -0.15) is 5.10 Å². The number of cyclic esters (lactones) is 1. The second-order valence-electron chi connectivity index (χ2n) is 6.55. The van der Waals surface area contributed by atoms with Crippen molar-refractivity contribution in [1.29, 1.82) is 0 Å². The van der Waals surface area contributed by atoms with Crippen LogP contribution in [0.25, 0.3) is 17.1 Å². The van der Waals surface area contributed by atoms with E-state index in [-0.39, 0.29) is 24.7 Å². The predicted octanol–water partition coefficient (Wildman–Crippen LogP) is 3.56. The van der Waals surface area contributed by atoms with Gasteiger partial charge in [-0.1, -0.05) is 19.9 Å². The van der Waals surface area contributed by atoms with Gasteiger partial charge in [0.05, 0.1) is 24.5 Å². The Hall–Kier alpha value is -3.75. The number of pyridine rings is 1. The highest BCUT2D eigenvalue weighted by Gasteiger charge is 2.32. The van der Waals surface area contributed by atoms with Crippen LogP contribution in [0.4, 0.5) is 14.9 Å². The lowest BCUT2D eigenvalue weighted by Gasteiger charge is -2.14. The third kappa shape index (κ3) is 5.06. The number of carbonyl (C=O) groups is 2. The summed E-state index contributed by atoms with van der Waals surface area (Å²) in [5.41, 5.74) is 1.93. The second-order valence-corrected chi connectivity index (χ2v) is 6.55. The molecule has 0 bridgehead atoms. The molecule has 31 heavy (non-hydrogen) atoms. The van der Waals surface area contributed by atoms with E-state index in [4.69, 9.17) is 4.74 Å². The van der Waals surface area contributed by atoms with Crippen LogP contribution in [0.1, 0.15) is 20.8 Å². The number of amides is 2. The molecule has 0 spiro atoms. The number of rotatable bonds is 5. The number of nitrogens with one attached hydrogen (secondary N) is 1. The zero-order valence-corrected chi connectivity index (χ0v) is 17.6. The minimum Gasteiger partial charge on any atom is -0.442 e. The normalized spacial score (nSPS) is 15.2. The largest absolute Gasteiger partial charge is 0.442 e. The fourth-order valence-electron chi connectivity index (χ4n) is 3.05. The van der Waals surface area contributed by atoms with Gasteiger partial charge in [-0.25, -0.2) is 13.9 Å². The number of anilines is 1. The maximum Gasteiger partial charge on any atom is 0.414 e. The van der Waals surface area contributed by atoms with Crippen molar-refractivity contribution in [3.8, 4) is 17.1 Å². The fraction of sp³-hybridized carbons (Fsp3) is 0.273. The fourth-order valence-corrected chi connectivity index (χ4v) is 3.05. The van der Waals surface area contributed by atoms with Gasteiger partial charge < -0.3 is 10.1 Å². The van der Waals surface area contributed by atoms with Crippen molar-refractivity contribution >= 4 is 17.7 Å². The van der Waals surface area contributed by atoms with E-state index < -0.39 is 18.0 Å². The summed E-state index contributed by atoms with van der Waals surface area (Å²) in [5.74, 6) is -0.740. The molecule has 2 amide bonds. The summed E-state index contributed by atoms with van der Waals surface area (Å²) in [4.78, 5) is 28.7. The number of hydrogen-bond donors (Lipinski definition) is 1. The van der Waals surface area contributed by atoms with Gasteiger partial charge >= 0.3 is 6.09 Å². The van der Waals surface area contributed by atoms with Gasteiger partial charge in [0.25, 0.3) is 0 Å². The van der Waals surface area contributed by atoms with Crippen LogP contribution in [0.5, 0.6) is 0 Å². The molecule has 0 saturated carbocycles. The minimum absolute atomic E-state index is 0.209. The Morgan fingerprint density at radius 3 is 2.71 bits per heavy atom. The first-order valence-electron chi connectivity index (χ1n) is 10.0. The molecular formula is C22H24FN5O3. The number of ether oxygens (including phenoxy) is 1. The van der Waals surface area contributed by atoms with E-state index in [2.05, 4.69) is 15.4 Å². The molecule has 1 aliphatic heterocycles. The molecular weight excluding hydrogens is 401 g/mol. The molecule has 1 unspecified atom stereocenters. The number of aromatic nitrogens is 3. The van der Waals surface area contributed by atoms with Crippen LogP contribution in [0.15, 0.2) is 54.9 Å². The molecule has 4 rings (SSSR count). The quantitative estimate of drug-likeness (QED) is 0.675. The van der Waals surface area contributed by atoms with Crippen LogP contribution in [-0.2, 0) is 9.53 Å². The van der Waals surface area contributed by atoms with Crippen molar-refractivity contribution in [2.45, 2.75) is 26.9 Å². The number of carbonyl (C=O) groups excluding carboxylic acids is 2. The van der Waals surface area contributed by atoms with E-state index in [1.807, 2.05) is 32.0 Å². The minimum atomic E-state index is -0.580. The predicted molar refractivity (Wildman–Crippen MR) is 114 cm³/mol. The van der Waals surface area contributed by atoms with Gasteiger partial charge in [0.1, 0.15) is 17.5 Å². The van der Waals surface area contributed by atoms with E-state index in [9.17, 15) is 14.0 Å². The first-order chi connectivity index (χ1) is 15.0. The molecule has 3 heterocycles. The Morgan fingerprint density at radius 2 is 2.03 bits per heavy atom. The van der Waals surface area contributed by atoms with E-state index >= 15 is 0 Å². The van der Waals surface area contributed by atoms with E-state index in [1.165, 1.54) is 22.6 Å². The monoisotopic (exact) mass is 425 g/mol. The van der Waals surface area contributed by atoms with Crippen LogP contribution in [0, 0.1) is 5.82 Å². The van der Waals surface area contributed by atoms with E-state index in [1.54, 1.807) is 30.6 Å². The first kappa shape index (κ1) is 21.9. The zero-order chi connectivity index (χ0) is 22.4. The summed E-state index contributed by atoms with van der Waals surface area (Å²) in [7, 11) is 0. The third-order valence-corrected chi connectivity index (χ3v) is 4.46. The van der Waals surface area contributed by atoms with Gasteiger partial charge in [0.2, 0.25) is 5.91 Å². The van der Waals surface area contributed by atoms with Gasteiger partial charge in [0, 0.05) is 19.3 Å². The Bertz CT molecular complexity index is 1050. The highest BCUT2D eigenvalue weighted by molar-refractivity contribution is 5.90. The second kappa shape index (κ2) is 9.84. The maximum atomic E-state index is 14.8. The summed E-state index contributed by atoms with van der Waals surface area (Å²) in [6.45, 7) is 5.82. The van der Waals surface area contributed by atoms with Crippen molar-refractivity contribution in [2.24, 2.45) is 0 Å². The summed E-state index contributed by atoms with van der Waals surface area (Å²) in [6.07, 6.45) is 2.25. The Labute approximate surface area is 179 Å². The van der Waals surface area contributed by atoms with Crippen molar-refractivity contribution in [2.75, 3.05) is 18.0 Å². The molecule has 8 nitrogen and oxygen atoms in total. The van der Waals surface area contributed by atoms with Gasteiger partial charge in [-0.15, -0.1) is 0 Å². The summed E-state index contributed by atoms with van der Waals surface area (Å²) < 4.78 is 21.4. The number of halogens is 1. The Balaban J connectivity index is 0.00000132. The van der Waals surface area contributed by atoms with Gasteiger partial charge in [0.15, 0.2) is 5.82 Å². The molecule has 0 aliphatic carbocycles. The third-order valence-electron chi connectivity index (χ3n) is 4.46. The number of nitrogens with zero attached hydrogens (tertiary/aromatic N) is 4. The van der Waals surface area contributed by atoms with Gasteiger partial charge in [-0.05, 0) is 36.4 Å². The SMILES string of the molecule is CC.CC(=O)NCC1CN(c2ccc(-n3ccc(-c4ccccn4)n3)c(F)c2)C(=O)O1. The lowest BCUT2D eigenvalue weighted by Crippen LogP contribution is -2.33. The first-order valence-corrected chi connectivity index (χ1v) is 10.0. The lowest BCUT2D eigenvalue weighted by atomic mass is 10.2. The van der Waals surface area contributed by atoms with Gasteiger partial charge in [-0.3, -0.25) is 14.7 Å². The number of hydrogen-bond acceptors (Lipinski definition) is 5. The molecule has 1 fully saturated rings. The molecule has 1 saturated heterocycles. The molecule has 3 aromatic rings. The zero-order valence-electron chi connectivity index (χ0n) is 17.6. The topological polar surface area (TPSA) is 89.4 Å². The molecule has 0 radical (unpaired) electrons. The maximum absolute atomic E-state index is 14.8. The molecule has 1 aromatic carbocycles. The molecule has 9 heteroatoms. The summed E-state index contributed by atoms with van der Waals surface area (Å²) >= 11 is 0. The molecule has 2 aromatic heterocycles. The highest BCUT2D eigenvalue weighted by atomic mass is 19.1. The Morgan fingerprint density at radius 1 is 1.23 bits per heavy atom. The smallest absolute Gasteiger partial charge is 0.414 e. The van der Waals surface area contributed by atoms with Crippen LogP contribution >= 0.6 is 0 Å². The number of benzene rings is 1. The molecule has 1 aliphatic rings. The standard InChI is InChI=1S/C20H18FN5O3.C2H6/c1-13(27)23-11-15-12-25(20(28)29-15)14-5-6-19(16(21)10-14)26-9-7-18(24-26)17-4-2-3-8-22-17;1-2/h2-10,15H,11-12H2,1H3,(H,23,27);1-2H3. The summed E-state index contributed by atoms with van der Waals surface area (Å²) in [5, 5.41) is 6.98. The highest BCUT2D eigenvalue weighted by Crippen LogP contribution is 2.26. The van der Waals surface area contributed by atoms with Crippen molar-refractivity contribution < 1.29 is 18.7 Å². The molecule has 1 N–H and O–H groups in total. The average molecular weight is 425 g/mol. The Kier molecular flexibility index (Phi) is 6.96. The van der Waals surface area contributed by atoms with E-state index in [0.717, 1.165) is 0 Å². The van der Waals surface area contributed by atoms with E-state index in [0.29, 0.717) is 17.1 Å². The van der Waals surface area contributed by atoms with Crippen LogP contribution in [-0.4, -0.2) is 46.0 Å². The molecule has 1 atom stereocenters. The average Bonchev–Trinajstić information content (AvgIpc) is 3.41. The van der Waals surface area contributed by atoms with Crippen molar-refractivity contribution in [3.63, 3.8) is 0 Å². The van der Waals surface area contributed by atoms with Crippen LogP contribution in [0.3, 0.4) is 0 Å². The lowest BCUT2D eigenvalue weighted by molar-refractivity contribution is -0.119. The molecule has 162 valence electrons. The van der Waals surface area contributed by atoms with Crippen molar-refractivity contribution in [1.82, 2.24) is 20.1 Å². The van der Waals surface area contributed by atoms with Crippen LogP contribution < -0.4 is 10.2 Å². The summed E-state index contributed by atoms with van der Waals surface area (Å²) in [6, 6.07) is 11.7. The van der Waals surface area contributed by atoms with Crippen LogP contribution in [0.2, 0.25) is 0 Å². The van der Waals surface area contributed by atoms with Crippen molar-refractivity contribution in [3.05, 3.63) is 60.7 Å².